The highest BCUT2D eigenvalue weighted by molar-refractivity contribution is 5.83. The molecule has 2 aromatic carbocycles. The number of hydrogen-bond acceptors (Lipinski definition) is 3. The Morgan fingerprint density at radius 2 is 1.57 bits per heavy atom. The van der Waals surface area contributed by atoms with Gasteiger partial charge in [-0.25, -0.2) is 0 Å². The predicted molar refractivity (Wildman–Crippen MR) is 84.1 cm³/mol. The van der Waals surface area contributed by atoms with E-state index in [4.69, 9.17) is 9.47 Å². The molecule has 0 fully saturated rings. The van der Waals surface area contributed by atoms with Crippen molar-refractivity contribution in [3.8, 4) is 11.5 Å². The average Bonchev–Trinajstić information content (AvgIpc) is 2.55. The topological polar surface area (TPSA) is 31.4 Å². The van der Waals surface area contributed by atoms with Crippen LogP contribution in [0.5, 0.6) is 11.5 Å². The molecule has 3 nitrogen and oxygen atoms in total. The Morgan fingerprint density at radius 1 is 0.857 bits per heavy atom. The smallest absolute Gasteiger partial charge is 0.119 e. The van der Waals surface area contributed by atoms with Gasteiger partial charge in [0, 0.05) is 11.6 Å². The molecule has 1 heterocycles. The maximum Gasteiger partial charge on any atom is 0.119 e. The zero-order valence-electron chi connectivity index (χ0n) is 12.2. The summed E-state index contributed by atoms with van der Waals surface area (Å²) in [6.07, 6.45) is 2.71. The van der Waals surface area contributed by atoms with E-state index < -0.39 is 0 Å². The van der Waals surface area contributed by atoms with Crippen molar-refractivity contribution in [1.29, 1.82) is 0 Å². The van der Waals surface area contributed by atoms with E-state index in [9.17, 15) is 0 Å². The van der Waals surface area contributed by atoms with Crippen molar-refractivity contribution in [3.05, 3.63) is 65.9 Å². The molecule has 0 bridgehead atoms. The van der Waals surface area contributed by atoms with Gasteiger partial charge in [0.05, 0.1) is 19.7 Å². The van der Waals surface area contributed by atoms with Crippen molar-refractivity contribution < 1.29 is 9.47 Å². The molecule has 0 atom stereocenters. The van der Waals surface area contributed by atoms with Crippen LogP contribution < -0.4 is 9.47 Å². The second kappa shape index (κ2) is 5.83. The largest absolute Gasteiger partial charge is 0.497 e. The Kier molecular flexibility index (Phi) is 3.73. The minimum Gasteiger partial charge on any atom is -0.497 e. The molecular weight excluding hydrogens is 262 g/mol. The highest BCUT2D eigenvalue weighted by Crippen LogP contribution is 2.24. The van der Waals surface area contributed by atoms with Crippen molar-refractivity contribution in [2.75, 3.05) is 14.2 Å². The third-order valence-corrected chi connectivity index (χ3v) is 3.59. The van der Waals surface area contributed by atoms with Gasteiger partial charge in [-0.1, -0.05) is 12.1 Å². The number of rotatable bonds is 4. The van der Waals surface area contributed by atoms with Gasteiger partial charge in [0.25, 0.3) is 0 Å². The molecule has 0 saturated carbocycles. The molecule has 106 valence electrons. The summed E-state index contributed by atoms with van der Waals surface area (Å²) in [6, 6.07) is 16.2. The maximum absolute atomic E-state index is 5.31. The number of hydrogen-bond donors (Lipinski definition) is 0. The molecular formula is C18H17NO2. The van der Waals surface area contributed by atoms with Gasteiger partial charge in [-0.3, -0.25) is 4.98 Å². The fourth-order valence-corrected chi connectivity index (χ4v) is 2.43. The SMILES string of the molecule is COc1ccc(Cc2ccnc3ccc(OC)cc23)cc1. The molecule has 0 aliphatic heterocycles. The molecule has 0 saturated heterocycles. The third kappa shape index (κ3) is 2.82. The third-order valence-electron chi connectivity index (χ3n) is 3.59. The summed E-state index contributed by atoms with van der Waals surface area (Å²) in [5, 5.41) is 1.13. The summed E-state index contributed by atoms with van der Waals surface area (Å²) in [6.45, 7) is 0. The van der Waals surface area contributed by atoms with E-state index in [0.29, 0.717) is 0 Å². The first-order valence-corrected chi connectivity index (χ1v) is 6.85. The minimum absolute atomic E-state index is 0.853. The number of methoxy groups -OCH3 is 2. The molecule has 0 unspecified atom stereocenters. The van der Waals surface area contributed by atoms with E-state index in [2.05, 4.69) is 23.2 Å². The Balaban J connectivity index is 1.98. The van der Waals surface area contributed by atoms with Crippen molar-refractivity contribution >= 4 is 10.9 Å². The predicted octanol–water partition coefficient (Wildman–Crippen LogP) is 3.84. The maximum atomic E-state index is 5.31. The fourth-order valence-electron chi connectivity index (χ4n) is 2.43. The molecule has 0 spiro atoms. The number of ether oxygens (including phenoxy) is 2. The number of benzene rings is 2. The molecule has 21 heavy (non-hydrogen) atoms. The first-order valence-electron chi connectivity index (χ1n) is 6.85. The fraction of sp³-hybridized carbons (Fsp3) is 0.167. The molecule has 3 rings (SSSR count). The van der Waals surface area contributed by atoms with Gasteiger partial charge in [0.15, 0.2) is 0 Å². The van der Waals surface area contributed by atoms with Crippen molar-refractivity contribution in [3.63, 3.8) is 0 Å². The summed E-state index contributed by atoms with van der Waals surface area (Å²) in [4.78, 5) is 4.41. The lowest BCUT2D eigenvalue weighted by atomic mass is 10.0. The van der Waals surface area contributed by atoms with Crippen LogP contribution in [0.25, 0.3) is 10.9 Å². The van der Waals surface area contributed by atoms with Gasteiger partial charge in [-0.2, -0.15) is 0 Å². The second-order valence-electron chi connectivity index (χ2n) is 4.88. The van der Waals surface area contributed by atoms with E-state index in [1.54, 1.807) is 14.2 Å². The first-order chi connectivity index (χ1) is 10.3. The van der Waals surface area contributed by atoms with E-state index in [1.807, 2.05) is 36.5 Å². The monoisotopic (exact) mass is 279 g/mol. The van der Waals surface area contributed by atoms with Gasteiger partial charge >= 0.3 is 0 Å². The molecule has 0 radical (unpaired) electrons. The Morgan fingerprint density at radius 3 is 2.29 bits per heavy atom. The van der Waals surface area contributed by atoms with E-state index >= 15 is 0 Å². The van der Waals surface area contributed by atoms with Gasteiger partial charge in [-0.15, -0.1) is 0 Å². The number of aromatic nitrogens is 1. The summed E-state index contributed by atoms with van der Waals surface area (Å²) < 4.78 is 10.5. The van der Waals surface area contributed by atoms with Crippen molar-refractivity contribution in [1.82, 2.24) is 4.98 Å². The van der Waals surface area contributed by atoms with Crippen LogP contribution in [-0.4, -0.2) is 19.2 Å². The average molecular weight is 279 g/mol. The summed E-state index contributed by atoms with van der Waals surface area (Å²) in [5.41, 5.74) is 3.47. The van der Waals surface area contributed by atoms with E-state index in [-0.39, 0.29) is 0 Å². The van der Waals surface area contributed by atoms with Gasteiger partial charge in [-0.05, 0) is 53.9 Å². The summed E-state index contributed by atoms with van der Waals surface area (Å²) >= 11 is 0. The zero-order chi connectivity index (χ0) is 14.7. The highest BCUT2D eigenvalue weighted by Gasteiger charge is 2.05. The van der Waals surface area contributed by atoms with E-state index in [0.717, 1.165) is 28.8 Å². The van der Waals surface area contributed by atoms with Crippen molar-refractivity contribution in [2.45, 2.75) is 6.42 Å². The molecule has 1 aromatic heterocycles. The molecule has 0 aliphatic rings. The Hall–Kier alpha value is -2.55. The quantitative estimate of drug-likeness (QED) is 0.727. The lowest BCUT2D eigenvalue weighted by Gasteiger charge is -2.08. The molecule has 3 heteroatoms. The van der Waals surface area contributed by atoms with Crippen LogP contribution in [0.2, 0.25) is 0 Å². The first kappa shape index (κ1) is 13.4. The normalized spacial score (nSPS) is 10.6. The lowest BCUT2D eigenvalue weighted by Crippen LogP contribution is -1.93. The highest BCUT2D eigenvalue weighted by atomic mass is 16.5. The summed E-state index contributed by atoms with van der Waals surface area (Å²) in [7, 11) is 3.36. The molecule has 0 aliphatic carbocycles. The summed E-state index contributed by atoms with van der Waals surface area (Å²) in [5.74, 6) is 1.73. The Labute approximate surface area is 124 Å². The van der Waals surface area contributed by atoms with Gasteiger partial charge in [0.2, 0.25) is 0 Å². The van der Waals surface area contributed by atoms with Gasteiger partial charge < -0.3 is 9.47 Å². The standard InChI is InChI=1S/C18H17NO2/c1-20-15-5-3-13(4-6-15)11-14-9-10-19-18-8-7-16(21-2)12-17(14)18/h3-10,12H,11H2,1-2H3. The van der Waals surface area contributed by atoms with Crippen LogP contribution in [0.4, 0.5) is 0 Å². The number of fused-ring (bicyclic) bond motifs is 1. The van der Waals surface area contributed by atoms with Crippen LogP contribution >= 0.6 is 0 Å². The Bertz CT molecular complexity index is 751. The van der Waals surface area contributed by atoms with Crippen LogP contribution in [0.15, 0.2) is 54.7 Å². The molecule has 3 aromatic rings. The van der Waals surface area contributed by atoms with Gasteiger partial charge in [0.1, 0.15) is 11.5 Å². The lowest BCUT2D eigenvalue weighted by molar-refractivity contribution is 0.414. The van der Waals surface area contributed by atoms with Crippen LogP contribution in [0.3, 0.4) is 0 Å². The zero-order valence-corrected chi connectivity index (χ0v) is 12.2. The second-order valence-corrected chi connectivity index (χ2v) is 4.88. The van der Waals surface area contributed by atoms with Crippen LogP contribution in [0.1, 0.15) is 11.1 Å². The number of pyridine rings is 1. The van der Waals surface area contributed by atoms with Crippen LogP contribution in [0, 0.1) is 0 Å². The molecule has 0 N–H and O–H groups in total. The minimum atomic E-state index is 0.853. The molecule has 0 amide bonds. The van der Waals surface area contributed by atoms with E-state index in [1.165, 1.54) is 11.1 Å². The van der Waals surface area contributed by atoms with Crippen molar-refractivity contribution in [2.24, 2.45) is 0 Å². The van der Waals surface area contributed by atoms with Crippen LogP contribution in [-0.2, 0) is 6.42 Å². The number of nitrogens with zero attached hydrogens (tertiary/aromatic N) is 1.